The van der Waals surface area contributed by atoms with Gasteiger partial charge >= 0.3 is 0 Å². The molecule has 1 nitrogen and oxygen atoms in total. The molecule has 1 rings (SSSR count). The maximum Gasteiger partial charge on any atom is 0.0298 e. The summed E-state index contributed by atoms with van der Waals surface area (Å²) < 4.78 is 3.08. The molecule has 0 aliphatic carbocycles. The molecule has 0 bridgehead atoms. The van der Waals surface area contributed by atoms with Crippen molar-refractivity contribution in [2.45, 2.75) is 12.2 Å². The Morgan fingerprint density at radius 2 is 2.40 bits per heavy atom. The van der Waals surface area contributed by atoms with Crippen molar-refractivity contribution in [1.29, 1.82) is 0 Å². The first-order valence-corrected chi connectivity index (χ1v) is 2.66. The zero-order valence-corrected chi connectivity index (χ0v) is 4.01. The molecule has 0 saturated carbocycles. The van der Waals surface area contributed by atoms with Gasteiger partial charge in [-0.05, 0) is 0 Å². The summed E-state index contributed by atoms with van der Waals surface area (Å²) in [7, 11) is 0. The van der Waals surface area contributed by atoms with Gasteiger partial charge in [-0.3, -0.25) is 4.72 Å². The van der Waals surface area contributed by atoms with Crippen LogP contribution >= 0.6 is 11.9 Å². The van der Waals surface area contributed by atoms with Gasteiger partial charge in [-0.15, -0.1) is 0 Å². The lowest BCUT2D eigenvalue weighted by molar-refractivity contribution is 0.823. The van der Waals surface area contributed by atoms with Crippen LogP contribution in [-0.4, -0.2) is 11.8 Å². The second kappa shape index (κ2) is 1.19. The van der Waals surface area contributed by atoms with Crippen molar-refractivity contribution in [2.24, 2.45) is 0 Å². The Kier molecular flexibility index (Phi) is 0.830. The third kappa shape index (κ3) is 0.578. The van der Waals surface area contributed by atoms with Crippen LogP contribution in [0.15, 0.2) is 0 Å². The third-order valence-electron chi connectivity index (χ3n) is 0.655. The van der Waals surface area contributed by atoms with E-state index in [1.165, 1.54) is 6.54 Å². The molecule has 1 saturated heterocycles. The minimum atomic E-state index is 0.870. The van der Waals surface area contributed by atoms with Gasteiger partial charge in [0.1, 0.15) is 0 Å². The van der Waals surface area contributed by atoms with Gasteiger partial charge in [0.25, 0.3) is 0 Å². The molecular formula is C3H7NS. The van der Waals surface area contributed by atoms with Crippen molar-refractivity contribution in [3.8, 4) is 0 Å². The lowest BCUT2D eigenvalue weighted by Gasteiger charge is -2.20. The monoisotopic (exact) mass is 89.0 g/mol. The van der Waals surface area contributed by atoms with Gasteiger partial charge in [0.15, 0.2) is 0 Å². The van der Waals surface area contributed by atoms with Crippen LogP contribution in [0.3, 0.4) is 0 Å². The predicted octanol–water partition coefficient (Wildman–Crippen LogP) is 0.626. The first-order valence-electron chi connectivity index (χ1n) is 1.78. The zero-order chi connectivity index (χ0) is 3.70. The van der Waals surface area contributed by atoms with E-state index in [4.69, 9.17) is 0 Å². The first kappa shape index (κ1) is 3.50. The Bertz CT molecular complexity index is 33.9. The Hall–Kier alpha value is 0.310. The smallest absolute Gasteiger partial charge is 0.0298 e. The third-order valence-corrected chi connectivity index (χ3v) is 1.56. The van der Waals surface area contributed by atoms with E-state index in [1.807, 2.05) is 11.9 Å². The molecular weight excluding hydrogens is 82.1 g/mol. The highest BCUT2D eigenvalue weighted by molar-refractivity contribution is 7.99. The molecule has 1 atom stereocenters. The Morgan fingerprint density at radius 3 is 2.40 bits per heavy atom. The molecule has 0 spiro atoms. The summed E-state index contributed by atoms with van der Waals surface area (Å²) in [6.07, 6.45) is 0. The van der Waals surface area contributed by atoms with Gasteiger partial charge in [0.2, 0.25) is 0 Å². The summed E-state index contributed by atoms with van der Waals surface area (Å²) in [5.74, 6) is 0. The second-order valence-corrected chi connectivity index (χ2v) is 2.61. The number of hydrogen-bond acceptors (Lipinski definition) is 2. The van der Waals surface area contributed by atoms with Gasteiger partial charge in [-0.1, -0.05) is 18.9 Å². The number of rotatable bonds is 0. The van der Waals surface area contributed by atoms with E-state index in [0.29, 0.717) is 0 Å². The van der Waals surface area contributed by atoms with Crippen molar-refractivity contribution >= 4 is 11.9 Å². The van der Waals surface area contributed by atoms with E-state index in [0.717, 1.165) is 5.25 Å². The highest BCUT2D eigenvalue weighted by Gasteiger charge is 2.09. The van der Waals surface area contributed by atoms with Gasteiger partial charge < -0.3 is 0 Å². The van der Waals surface area contributed by atoms with Crippen LogP contribution in [0, 0.1) is 0 Å². The Labute approximate surface area is 36.3 Å². The van der Waals surface area contributed by atoms with Crippen LogP contribution in [0.1, 0.15) is 6.92 Å². The zero-order valence-electron chi connectivity index (χ0n) is 3.19. The van der Waals surface area contributed by atoms with E-state index in [-0.39, 0.29) is 0 Å². The molecule has 1 aliphatic heterocycles. The molecule has 0 aromatic rings. The van der Waals surface area contributed by atoms with Crippen LogP contribution in [-0.2, 0) is 0 Å². The highest BCUT2D eigenvalue weighted by Crippen LogP contribution is 2.12. The maximum absolute atomic E-state index is 3.08. The summed E-state index contributed by atoms with van der Waals surface area (Å²) in [6.45, 7) is 3.41. The highest BCUT2D eigenvalue weighted by atomic mass is 32.2. The Morgan fingerprint density at radius 1 is 2.00 bits per heavy atom. The lowest BCUT2D eigenvalue weighted by atomic mass is 10.5. The average Bonchev–Trinajstić information content (AvgIpc) is 1.30. The number of hydrogen-bond donors (Lipinski definition) is 1. The second-order valence-electron chi connectivity index (χ2n) is 1.28. The minimum Gasteiger partial charge on any atom is -0.263 e. The average molecular weight is 89.2 g/mol. The van der Waals surface area contributed by atoms with Crippen molar-refractivity contribution < 1.29 is 0 Å². The summed E-state index contributed by atoms with van der Waals surface area (Å²) >= 11 is 1.81. The summed E-state index contributed by atoms with van der Waals surface area (Å²) in [6, 6.07) is 0. The first-order chi connectivity index (χ1) is 2.39. The van der Waals surface area contributed by atoms with Crippen LogP contribution in [0.4, 0.5) is 0 Å². The predicted molar refractivity (Wildman–Crippen MR) is 25.1 cm³/mol. The van der Waals surface area contributed by atoms with Gasteiger partial charge in [0.05, 0.1) is 0 Å². The molecule has 1 aliphatic rings. The van der Waals surface area contributed by atoms with E-state index in [1.54, 1.807) is 0 Å². The molecule has 0 amide bonds. The molecule has 0 radical (unpaired) electrons. The molecule has 1 unspecified atom stereocenters. The standard InChI is InChI=1S/C3H7NS/c1-3-2-4-5-3/h3-4H,2H2,1H3. The minimum absolute atomic E-state index is 0.870. The summed E-state index contributed by atoms with van der Waals surface area (Å²) in [4.78, 5) is 0. The van der Waals surface area contributed by atoms with E-state index in [9.17, 15) is 0 Å². The summed E-state index contributed by atoms with van der Waals surface area (Å²) in [5, 5.41) is 0.870. The van der Waals surface area contributed by atoms with Gasteiger partial charge in [0, 0.05) is 11.8 Å². The fourth-order valence-electron chi connectivity index (χ4n) is 0.250. The number of nitrogens with one attached hydrogen (secondary N) is 1. The van der Waals surface area contributed by atoms with Crippen molar-refractivity contribution in [3.63, 3.8) is 0 Å². The maximum atomic E-state index is 3.08. The summed E-state index contributed by atoms with van der Waals surface area (Å²) in [5.41, 5.74) is 0. The van der Waals surface area contributed by atoms with E-state index in [2.05, 4.69) is 11.6 Å². The molecule has 1 heterocycles. The molecule has 0 aromatic heterocycles. The van der Waals surface area contributed by atoms with Crippen molar-refractivity contribution in [2.75, 3.05) is 6.54 Å². The van der Waals surface area contributed by atoms with Crippen molar-refractivity contribution in [1.82, 2.24) is 4.72 Å². The van der Waals surface area contributed by atoms with E-state index >= 15 is 0 Å². The molecule has 2 heteroatoms. The quantitative estimate of drug-likeness (QED) is 0.437. The Balaban J connectivity index is 2.08. The molecule has 1 fully saturated rings. The molecule has 0 aromatic carbocycles. The van der Waals surface area contributed by atoms with Gasteiger partial charge in [-0.2, -0.15) is 0 Å². The van der Waals surface area contributed by atoms with E-state index < -0.39 is 0 Å². The largest absolute Gasteiger partial charge is 0.263 e. The van der Waals surface area contributed by atoms with Crippen LogP contribution in [0.25, 0.3) is 0 Å². The molecule has 30 valence electrons. The van der Waals surface area contributed by atoms with Crippen LogP contribution in [0.5, 0.6) is 0 Å². The van der Waals surface area contributed by atoms with Gasteiger partial charge in [-0.25, -0.2) is 0 Å². The molecule has 5 heavy (non-hydrogen) atoms. The van der Waals surface area contributed by atoms with Crippen LogP contribution in [0.2, 0.25) is 0 Å². The lowest BCUT2D eigenvalue weighted by Crippen LogP contribution is -2.30. The normalized spacial score (nSPS) is 36.6. The fourth-order valence-corrected chi connectivity index (χ4v) is 0.750. The fraction of sp³-hybridized carbons (Fsp3) is 1.00. The topological polar surface area (TPSA) is 12.0 Å². The van der Waals surface area contributed by atoms with Crippen LogP contribution < -0.4 is 4.72 Å². The van der Waals surface area contributed by atoms with Crippen molar-refractivity contribution in [3.05, 3.63) is 0 Å². The molecule has 1 N–H and O–H groups in total. The SMILES string of the molecule is CC1CNS1.